The van der Waals surface area contributed by atoms with E-state index in [2.05, 4.69) is 25.1 Å². The summed E-state index contributed by atoms with van der Waals surface area (Å²) in [7, 11) is 0. The second kappa shape index (κ2) is 3.70. The second-order valence-electron chi connectivity index (χ2n) is 3.33. The van der Waals surface area contributed by atoms with Crippen molar-refractivity contribution in [1.29, 1.82) is 0 Å². The van der Waals surface area contributed by atoms with Crippen LogP contribution in [0.4, 0.5) is 0 Å². The summed E-state index contributed by atoms with van der Waals surface area (Å²) in [5.41, 5.74) is 3.45. The molecule has 74 valence electrons. The lowest BCUT2D eigenvalue weighted by Crippen LogP contribution is -2.18. The van der Waals surface area contributed by atoms with Gasteiger partial charge in [-0.1, -0.05) is 12.1 Å². The van der Waals surface area contributed by atoms with Crippen LogP contribution in [-0.4, -0.2) is 19.1 Å². The minimum atomic E-state index is 0.536. The Morgan fingerprint density at radius 3 is 2.79 bits per heavy atom. The van der Waals surface area contributed by atoms with Crippen LogP contribution in [0.15, 0.2) is 23.4 Å². The Morgan fingerprint density at radius 1 is 1.21 bits per heavy atom. The Bertz CT molecular complexity index is 372. The quantitative estimate of drug-likeness (QED) is 0.679. The van der Waals surface area contributed by atoms with Crippen LogP contribution >= 0.6 is 0 Å². The molecule has 0 bridgehead atoms. The molecule has 0 saturated carbocycles. The Balaban J connectivity index is 2.40. The highest BCUT2D eigenvalue weighted by Crippen LogP contribution is 2.15. The van der Waals surface area contributed by atoms with Crippen molar-refractivity contribution in [1.82, 2.24) is 0 Å². The molecule has 2 rings (SSSR count). The van der Waals surface area contributed by atoms with Gasteiger partial charge in [0.05, 0.1) is 0 Å². The zero-order valence-electron chi connectivity index (χ0n) is 8.41. The molecule has 3 heteroatoms. The van der Waals surface area contributed by atoms with Crippen molar-refractivity contribution >= 4 is 5.90 Å². The van der Waals surface area contributed by atoms with Crippen molar-refractivity contribution in [3.8, 4) is 0 Å². The van der Waals surface area contributed by atoms with Crippen molar-refractivity contribution in [3.05, 3.63) is 34.9 Å². The van der Waals surface area contributed by atoms with Gasteiger partial charge in [-0.2, -0.15) is 0 Å². The number of rotatable bonds is 1. The number of ether oxygens (including phenoxy) is 1. The van der Waals surface area contributed by atoms with Gasteiger partial charge in [-0.25, -0.2) is 0 Å². The van der Waals surface area contributed by atoms with E-state index in [-0.39, 0.29) is 0 Å². The number of benzene rings is 1. The molecule has 0 radical (unpaired) electrons. The van der Waals surface area contributed by atoms with Crippen LogP contribution in [-0.2, 0) is 9.57 Å². The molecule has 0 aliphatic carbocycles. The normalized spacial score (nSPS) is 15.4. The molecule has 0 atom stereocenters. The van der Waals surface area contributed by atoms with Gasteiger partial charge in [-0.15, -0.1) is 0 Å². The molecular weight excluding hydrogens is 178 g/mol. The highest BCUT2D eigenvalue weighted by molar-refractivity contribution is 5.95. The summed E-state index contributed by atoms with van der Waals surface area (Å²) >= 11 is 0. The van der Waals surface area contributed by atoms with Crippen LogP contribution in [0, 0.1) is 13.8 Å². The third-order valence-electron chi connectivity index (χ3n) is 2.40. The average Bonchev–Trinajstić information content (AvgIpc) is 2.23. The monoisotopic (exact) mass is 191 g/mol. The summed E-state index contributed by atoms with van der Waals surface area (Å²) < 4.78 is 5.42. The largest absolute Gasteiger partial charge is 0.471 e. The molecule has 0 unspecified atom stereocenters. The molecule has 0 saturated heterocycles. The first-order valence-electron chi connectivity index (χ1n) is 4.68. The standard InChI is InChI=1S/C11H13NO2/c1-8-4-3-5-10(9(8)2)11-12-14-7-6-13-11/h3-5H,6-7H2,1-2H3. The van der Waals surface area contributed by atoms with Crippen molar-refractivity contribution in [2.24, 2.45) is 5.16 Å². The van der Waals surface area contributed by atoms with E-state index in [1.165, 1.54) is 11.1 Å². The van der Waals surface area contributed by atoms with Crippen LogP contribution in [0.2, 0.25) is 0 Å². The number of hydrogen-bond acceptors (Lipinski definition) is 3. The predicted octanol–water partition coefficient (Wildman–Crippen LogP) is 2.01. The molecule has 14 heavy (non-hydrogen) atoms. The smallest absolute Gasteiger partial charge is 0.258 e. The fourth-order valence-electron chi connectivity index (χ4n) is 1.42. The van der Waals surface area contributed by atoms with Crippen molar-refractivity contribution in [2.45, 2.75) is 13.8 Å². The molecule has 0 fully saturated rings. The lowest BCUT2D eigenvalue weighted by Gasteiger charge is -2.15. The van der Waals surface area contributed by atoms with E-state index < -0.39 is 0 Å². The molecule has 3 nitrogen and oxygen atoms in total. The second-order valence-corrected chi connectivity index (χ2v) is 3.33. The summed E-state index contributed by atoms with van der Waals surface area (Å²) in [6.45, 7) is 5.24. The maximum atomic E-state index is 5.42. The van der Waals surface area contributed by atoms with Crippen molar-refractivity contribution in [3.63, 3.8) is 0 Å². The lowest BCUT2D eigenvalue weighted by molar-refractivity contribution is 0.0655. The molecule has 0 spiro atoms. The highest BCUT2D eigenvalue weighted by Gasteiger charge is 2.13. The van der Waals surface area contributed by atoms with Crippen LogP contribution in [0.25, 0.3) is 0 Å². The van der Waals surface area contributed by atoms with Crippen LogP contribution in [0.3, 0.4) is 0 Å². The molecule has 1 aliphatic heterocycles. The van der Waals surface area contributed by atoms with E-state index in [1.54, 1.807) is 0 Å². The van der Waals surface area contributed by atoms with Gasteiger partial charge in [0.25, 0.3) is 5.90 Å². The first-order valence-corrected chi connectivity index (χ1v) is 4.68. The summed E-state index contributed by atoms with van der Waals surface area (Å²) in [5, 5.41) is 3.90. The molecule has 1 aromatic carbocycles. The molecular formula is C11H13NO2. The van der Waals surface area contributed by atoms with Gasteiger partial charge >= 0.3 is 0 Å². The van der Waals surface area contributed by atoms with Gasteiger partial charge in [0.1, 0.15) is 6.61 Å². The Kier molecular flexibility index (Phi) is 2.39. The zero-order valence-corrected chi connectivity index (χ0v) is 8.41. The van der Waals surface area contributed by atoms with Crippen LogP contribution in [0.5, 0.6) is 0 Å². The van der Waals surface area contributed by atoms with E-state index in [0.29, 0.717) is 19.1 Å². The highest BCUT2D eigenvalue weighted by atomic mass is 16.7. The average molecular weight is 191 g/mol. The van der Waals surface area contributed by atoms with Crippen molar-refractivity contribution < 1.29 is 9.57 Å². The van der Waals surface area contributed by atoms with Crippen molar-refractivity contribution in [2.75, 3.05) is 13.2 Å². The molecule has 0 N–H and O–H groups in total. The number of hydrogen-bond donors (Lipinski definition) is 0. The summed E-state index contributed by atoms with van der Waals surface area (Å²) in [4.78, 5) is 4.99. The topological polar surface area (TPSA) is 30.8 Å². The Labute approximate surface area is 83.3 Å². The van der Waals surface area contributed by atoms with Gasteiger partial charge in [-0.05, 0) is 36.2 Å². The first-order chi connectivity index (χ1) is 6.79. The third-order valence-corrected chi connectivity index (χ3v) is 2.40. The number of oxime groups is 1. The van der Waals surface area contributed by atoms with Gasteiger partial charge in [-0.3, -0.25) is 0 Å². The fourth-order valence-corrected chi connectivity index (χ4v) is 1.42. The van der Waals surface area contributed by atoms with Gasteiger partial charge in [0.15, 0.2) is 6.61 Å². The maximum Gasteiger partial charge on any atom is 0.258 e. The van der Waals surface area contributed by atoms with E-state index in [0.717, 1.165) is 5.56 Å². The van der Waals surface area contributed by atoms with E-state index in [4.69, 9.17) is 9.57 Å². The Hall–Kier alpha value is -1.51. The Morgan fingerprint density at radius 2 is 2.07 bits per heavy atom. The maximum absolute atomic E-state index is 5.42. The minimum absolute atomic E-state index is 0.536. The van der Waals surface area contributed by atoms with E-state index in [9.17, 15) is 0 Å². The molecule has 0 aromatic heterocycles. The van der Waals surface area contributed by atoms with Gasteiger partial charge in [0.2, 0.25) is 0 Å². The molecule has 1 aromatic rings. The zero-order chi connectivity index (χ0) is 9.97. The minimum Gasteiger partial charge on any atom is -0.471 e. The van der Waals surface area contributed by atoms with Gasteiger partial charge < -0.3 is 9.57 Å². The summed E-state index contributed by atoms with van der Waals surface area (Å²) in [6.07, 6.45) is 0. The first kappa shape index (κ1) is 9.06. The third kappa shape index (κ3) is 1.58. The lowest BCUT2D eigenvalue weighted by atomic mass is 10.0. The SMILES string of the molecule is Cc1cccc(C2=NOCCO2)c1C. The molecule has 1 heterocycles. The van der Waals surface area contributed by atoms with Gasteiger partial charge in [0, 0.05) is 5.56 Å². The number of aryl methyl sites for hydroxylation is 1. The van der Waals surface area contributed by atoms with Crippen LogP contribution < -0.4 is 0 Å². The summed E-state index contributed by atoms with van der Waals surface area (Å²) in [6, 6.07) is 6.07. The van der Waals surface area contributed by atoms with Crippen LogP contribution in [0.1, 0.15) is 16.7 Å². The predicted molar refractivity (Wildman–Crippen MR) is 54.4 cm³/mol. The fraction of sp³-hybridized carbons (Fsp3) is 0.364. The van der Waals surface area contributed by atoms with E-state index in [1.807, 2.05) is 12.1 Å². The molecule has 0 amide bonds. The number of nitrogens with zero attached hydrogens (tertiary/aromatic N) is 1. The van der Waals surface area contributed by atoms with E-state index >= 15 is 0 Å². The molecule has 1 aliphatic rings. The summed E-state index contributed by atoms with van der Waals surface area (Å²) in [5.74, 6) is 0.595.